The fourth-order valence-corrected chi connectivity index (χ4v) is 2.81. The standard InChI is InChI=1S/C15H24N2O/c1-4-15(5-2)8-9-17(11-15)13-6-7-14(12(3)18)16-10-13/h6-7,10,12,18H,4-5,8-9,11H2,1-3H3/t12-/m0/s1. The van der Waals surface area contributed by atoms with Crippen LogP contribution >= 0.6 is 0 Å². The first-order chi connectivity index (χ1) is 8.60. The number of aliphatic hydroxyl groups is 1. The van der Waals surface area contributed by atoms with Crippen molar-refractivity contribution in [1.29, 1.82) is 0 Å². The Balaban J connectivity index is 2.09. The largest absolute Gasteiger partial charge is 0.387 e. The van der Waals surface area contributed by atoms with Crippen LogP contribution in [0.3, 0.4) is 0 Å². The van der Waals surface area contributed by atoms with Gasteiger partial charge in [0.15, 0.2) is 0 Å². The van der Waals surface area contributed by atoms with Gasteiger partial charge in [-0.2, -0.15) is 0 Å². The van der Waals surface area contributed by atoms with Gasteiger partial charge in [0.25, 0.3) is 0 Å². The Morgan fingerprint density at radius 2 is 2.11 bits per heavy atom. The summed E-state index contributed by atoms with van der Waals surface area (Å²) in [7, 11) is 0. The van der Waals surface area contributed by atoms with Crippen molar-refractivity contribution in [3.8, 4) is 0 Å². The van der Waals surface area contributed by atoms with E-state index in [0.717, 1.165) is 18.8 Å². The third-order valence-electron chi connectivity index (χ3n) is 4.50. The van der Waals surface area contributed by atoms with Crippen molar-refractivity contribution >= 4 is 5.69 Å². The topological polar surface area (TPSA) is 36.4 Å². The lowest BCUT2D eigenvalue weighted by atomic mass is 9.82. The fourth-order valence-electron chi connectivity index (χ4n) is 2.81. The Kier molecular flexibility index (Phi) is 3.91. The number of rotatable bonds is 4. The van der Waals surface area contributed by atoms with Gasteiger partial charge in [0.1, 0.15) is 0 Å². The summed E-state index contributed by atoms with van der Waals surface area (Å²) in [6, 6.07) is 4.01. The van der Waals surface area contributed by atoms with E-state index >= 15 is 0 Å². The van der Waals surface area contributed by atoms with Crippen LogP contribution in [0.15, 0.2) is 18.3 Å². The molecule has 1 atom stereocenters. The molecule has 1 aliphatic heterocycles. The SMILES string of the molecule is CCC1(CC)CCN(c2ccc([C@H](C)O)nc2)C1. The first kappa shape index (κ1) is 13.3. The monoisotopic (exact) mass is 248 g/mol. The van der Waals surface area contributed by atoms with Gasteiger partial charge >= 0.3 is 0 Å². The second-order valence-electron chi connectivity index (χ2n) is 5.50. The van der Waals surface area contributed by atoms with Crippen LogP contribution in [0.25, 0.3) is 0 Å². The summed E-state index contributed by atoms with van der Waals surface area (Å²) in [5.74, 6) is 0. The molecule has 0 amide bonds. The van der Waals surface area contributed by atoms with Crippen LogP contribution in [0.1, 0.15) is 51.8 Å². The number of hydrogen-bond acceptors (Lipinski definition) is 3. The quantitative estimate of drug-likeness (QED) is 0.889. The summed E-state index contributed by atoms with van der Waals surface area (Å²) in [6.45, 7) is 8.59. The molecule has 1 N–H and O–H groups in total. The highest BCUT2D eigenvalue weighted by Gasteiger charge is 2.34. The molecule has 0 aromatic carbocycles. The van der Waals surface area contributed by atoms with E-state index in [9.17, 15) is 5.11 Å². The molecule has 2 rings (SSSR count). The van der Waals surface area contributed by atoms with Crippen LogP contribution in [0, 0.1) is 5.41 Å². The molecule has 1 aromatic heterocycles. The molecule has 1 aliphatic rings. The number of aromatic nitrogens is 1. The smallest absolute Gasteiger partial charge is 0.0931 e. The normalized spacial score (nSPS) is 20.1. The molecule has 1 fully saturated rings. The lowest BCUT2D eigenvalue weighted by Crippen LogP contribution is -2.26. The van der Waals surface area contributed by atoms with Crippen LogP contribution in [0.4, 0.5) is 5.69 Å². The van der Waals surface area contributed by atoms with Crippen LogP contribution in [0.2, 0.25) is 0 Å². The summed E-state index contributed by atoms with van der Waals surface area (Å²) in [4.78, 5) is 6.75. The molecule has 1 saturated heterocycles. The Morgan fingerprint density at radius 1 is 1.39 bits per heavy atom. The van der Waals surface area contributed by atoms with Crippen molar-refractivity contribution in [3.05, 3.63) is 24.0 Å². The van der Waals surface area contributed by atoms with E-state index in [4.69, 9.17) is 0 Å². The van der Waals surface area contributed by atoms with Gasteiger partial charge in [0.05, 0.1) is 23.7 Å². The van der Waals surface area contributed by atoms with E-state index in [0.29, 0.717) is 5.41 Å². The zero-order valence-corrected chi connectivity index (χ0v) is 11.7. The van der Waals surface area contributed by atoms with Gasteiger partial charge in [-0.25, -0.2) is 0 Å². The van der Waals surface area contributed by atoms with Crippen molar-refractivity contribution in [2.75, 3.05) is 18.0 Å². The second-order valence-corrected chi connectivity index (χ2v) is 5.50. The third-order valence-corrected chi connectivity index (χ3v) is 4.50. The van der Waals surface area contributed by atoms with Gasteiger partial charge in [0, 0.05) is 13.1 Å². The number of hydrogen-bond donors (Lipinski definition) is 1. The molecule has 0 aliphatic carbocycles. The molecule has 100 valence electrons. The third kappa shape index (κ3) is 2.51. The summed E-state index contributed by atoms with van der Waals surface area (Å²) >= 11 is 0. The van der Waals surface area contributed by atoms with Gasteiger partial charge < -0.3 is 10.0 Å². The summed E-state index contributed by atoms with van der Waals surface area (Å²) in [5.41, 5.74) is 2.42. The summed E-state index contributed by atoms with van der Waals surface area (Å²) in [6.07, 6.45) is 5.18. The predicted molar refractivity (Wildman–Crippen MR) is 74.7 cm³/mol. The van der Waals surface area contributed by atoms with Crippen molar-refractivity contribution < 1.29 is 5.11 Å². The van der Waals surface area contributed by atoms with Crippen LogP contribution in [0.5, 0.6) is 0 Å². The van der Waals surface area contributed by atoms with Gasteiger partial charge in [-0.1, -0.05) is 13.8 Å². The summed E-state index contributed by atoms with van der Waals surface area (Å²) in [5, 5.41) is 9.46. The molecule has 3 heteroatoms. The zero-order chi connectivity index (χ0) is 13.2. The summed E-state index contributed by atoms with van der Waals surface area (Å²) < 4.78 is 0. The van der Waals surface area contributed by atoms with E-state index in [1.54, 1.807) is 6.92 Å². The first-order valence-electron chi connectivity index (χ1n) is 6.99. The van der Waals surface area contributed by atoms with Gasteiger partial charge in [-0.15, -0.1) is 0 Å². The highest BCUT2D eigenvalue weighted by atomic mass is 16.3. The van der Waals surface area contributed by atoms with Crippen molar-refractivity contribution in [2.45, 2.75) is 46.1 Å². The number of pyridine rings is 1. The Hall–Kier alpha value is -1.09. The van der Waals surface area contributed by atoms with E-state index in [-0.39, 0.29) is 0 Å². The van der Waals surface area contributed by atoms with Crippen LogP contribution in [-0.4, -0.2) is 23.2 Å². The number of anilines is 1. The number of nitrogens with zero attached hydrogens (tertiary/aromatic N) is 2. The molecule has 18 heavy (non-hydrogen) atoms. The minimum absolute atomic E-state index is 0.483. The molecular formula is C15H24N2O. The highest BCUT2D eigenvalue weighted by molar-refractivity contribution is 5.46. The Bertz CT molecular complexity index is 382. The molecule has 2 heterocycles. The van der Waals surface area contributed by atoms with E-state index in [2.05, 4.69) is 29.8 Å². The van der Waals surface area contributed by atoms with E-state index in [1.807, 2.05) is 12.3 Å². The zero-order valence-electron chi connectivity index (χ0n) is 11.7. The van der Waals surface area contributed by atoms with Gasteiger partial charge in [0.2, 0.25) is 0 Å². The maximum Gasteiger partial charge on any atom is 0.0931 e. The van der Waals surface area contributed by atoms with Crippen LogP contribution < -0.4 is 4.90 Å². The van der Waals surface area contributed by atoms with E-state index < -0.39 is 6.10 Å². The highest BCUT2D eigenvalue weighted by Crippen LogP contribution is 2.38. The predicted octanol–water partition coefficient (Wildman–Crippen LogP) is 3.15. The molecule has 0 saturated carbocycles. The minimum Gasteiger partial charge on any atom is -0.387 e. The van der Waals surface area contributed by atoms with Gasteiger partial charge in [-0.05, 0) is 43.7 Å². The Morgan fingerprint density at radius 3 is 2.56 bits per heavy atom. The molecule has 3 nitrogen and oxygen atoms in total. The molecular weight excluding hydrogens is 224 g/mol. The maximum atomic E-state index is 9.46. The van der Waals surface area contributed by atoms with Crippen LogP contribution in [-0.2, 0) is 0 Å². The lowest BCUT2D eigenvalue weighted by molar-refractivity contribution is 0.194. The molecule has 1 aromatic rings. The molecule has 0 unspecified atom stereocenters. The average molecular weight is 248 g/mol. The van der Waals surface area contributed by atoms with E-state index in [1.165, 1.54) is 24.9 Å². The minimum atomic E-state index is -0.483. The maximum absolute atomic E-state index is 9.46. The number of aliphatic hydroxyl groups excluding tert-OH is 1. The average Bonchev–Trinajstić information content (AvgIpc) is 2.84. The van der Waals surface area contributed by atoms with Crippen molar-refractivity contribution in [3.63, 3.8) is 0 Å². The Labute approximate surface area is 110 Å². The lowest BCUT2D eigenvalue weighted by Gasteiger charge is -2.27. The molecule has 0 radical (unpaired) electrons. The first-order valence-corrected chi connectivity index (χ1v) is 6.99. The molecule has 0 spiro atoms. The molecule has 0 bridgehead atoms. The van der Waals surface area contributed by atoms with Crippen molar-refractivity contribution in [2.24, 2.45) is 5.41 Å². The van der Waals surface area contributed by atoms with Gasteiger partial charge in [-0.3, -0.25) is 4.98 Å². The van der Waals surface area contributed by atoms with Crippen molar-refractivity contribution in [1.82, 2.24) is 4.98 Å². The fraction of sp³-hybridized carbons (Fsp3) is 0.667. The second kappa shape index (κ2) is 5.27.